The van der Waals surface area contributed by atoms with E-state index in [1.807, 2.05) is 85.8 Å². The number of aryl methyl sites for hydroxylation is 1. The smallest absolute Gasteiger partial charge is 0.234 e. The molecule has 0 saturated heterocycles. The van der Waals surface area contributed by atoms with Crippen LogP contribution in [0.1, 0.15) is 23.1 Å². The van der Waals surface area contributed by atoms with Crippen LogP contribution in [0.2, 0.25) is 0 Å². The Morgan fingerprint density at radius 1 is 1.06 bits per heavy atom. The van der Waals surface area contributed by atoms with Crippen molar-refractivity contribution in [3.63, 3.8) is 0 Å². The zero-order chi connectivity index (χ0) is 22.5. The lowest BCUT2D eigenvalue weighted by atomic mass is 10.1. The molecule has 162 valence electrons. The van der Waals surface area contributed by atoms with Gasteiger partial charge in [-0.15, -0.1) is 10.2 Å². The molecule has 4 rings (SSSR count). The van der Waals surface area contributed by atoms with Crippen LogP contribution < -0.4 is 5.32 Å². The molecule has 6 nitrogen and oxygen atoms in total. The summed E-state index contributed by atoms with van der Waals surface area (Å²) in [5.74, 6) is 0.381. The van der Waals surface area contributed by atoms with Crippen LogP contribution in [0.3, 0.4) is 0 Å². The van der Waals surface area contributed by atoms with Gasteiger partial charge in [-0.1, -0.05) is 66.4 Å². The van der Waals surface area contributed by atoms with Gasteiger partial charge < -0.3 is 10.4 Å². The van der Waals surface area contributed by atoms with Gasteiger partial charge in [0.1, 0.15) is 6.10 Å². The fraction of sp³-hybridized carbons (Fsp3) is 0.125. The normalized spacial score (nSPS) is 11.8. The molecule has 0 bridgehead atoms. The monoisotopic (exact) mass is 508 g/mol. The second-order valence-corrected chi connectivity index (χ2v) is 8.94. The lowest BCUT2D eigenvalue weighted by molar-refractivity contribution is -0.113. The predicted molar refractivity (Wildman–Crippen MR) is 130 cm³/mol. The number of carbonyl (C=O) groups is 1. The average molecular weight is 509 g/mol. The van der Waals surface area contributed by atoms with Crippen molar-refractivity contribution in [2.45, 2.75) is 18.2 Å². The maximum Gasteiger partial charge on any atom is 0.234 e. The number of aliphatic hydroxyl groups is 1. The molecule has 1 amide bonds. The first-order valence-electron chi connectivity index (χ1n) is 9.95. The third kappa shape index (κ3) is 5.09. The van der Waals surface area contributed by atoms with Crippen molar-refractivity contribution >= 4 is 39.3 Å². The molecule has 0 aliphatic rings. The number of anilines is 1. The number of para-hydroxylation sites is 1. The maximum atomic E-state index is 12.6. The number of nitrogens with zero attached hydrogens (tertiary/aromatic N) is 3. The number of aliphatic hydroxyl groups excluding tert-OH is 1. The highest BCUT2D eigenvalue weighted by molar-refractivity contribution is 9.10. The summed E-state index contributed by atoms with van der Waals surface area (Å²) in [5.41, 5.74) is 3.35. The van der Waals surface area contributed by atoms with Gasteiger partial charge in [-0.2, -0.15) is 0 Å². The first-order valence-corrected chi connectivity index (χ1v) is 11.7. The molecule has 0 saturated carbocycles. The van der Waals surface area contributed by atoms with E-state index in [9.17, 15) is 9.90 Å². The Balaban J connectivity index is 1.57. The molecule has 1 aromatic heterocycles. The van der Waals surface area contributed by atoms with Gasteiger partial charge in [0.15, 0.2) is 11.0 Å². The molecule has 0 aliphatic heterocycles. The number of hydrogen-bond acceptors (Lipinski definition) is 5. The van der Waals surface area contributed by atoms with E-state index in [2.05, 4.69) is 31.4 Å². The second-order valence-electron chi connectivity index (χ2n) is 7.15. The maximum absolute atomic E-state index is 12.6. The van der Waals surface area contributed by atoms with Crippen LogP contribution in [0.5, 0.6) is 0 Å². The summed E-state index contributed by atoms with van der Waals surface area (Å²) in [6, 6.07) is 24.6. The van der Waals surface area contributed by atoms with Crippen LogP contribution in [-0.4, -0.2) is 31.5 Å². The Kier molecular flexibility index (Phi) is 7.04. The van der Waals surface area contributed by atoms with Crippen molar-refractivity contribution in [1.82, 2.24) is 14.8 Å². The van der Waals surface area contributed by atoms with Gasteiger partial charge >= 0.3 is 0 Å². The SMILES string of the molecule is Cc1ccc(NC(=O)CSc2nnc(C(O)c3ccccc3)n2-c2ccccc2)c(Br)c1. The molecule has 3 aromatic carbocycles. The van der Waals surface area contributed by atoms with Crippen molar-refractivity contribution in [2.24, 2.45) is 0 Å². The summed E-state index contributed by atoms with van der Waals surface area (Å²) in [7, 11) is 0. The summed E-state index contributed by atoms with van der Waals surface area (Å²) in [6.07, 6.45) is -0.949. The molecule has 0 fully saturated rings. The Morgan fingerprint density at radius 2 is 1.75 bits per heavy atom. The number of thioether (sulfide) groups is 1. The van der Waals surface area contributed by atoms with E-state index in [1.165, 1.54) is 11.8 Å². The number of halogens is 1. The van der Waals surface area contributed by atoms with Crippen molar-refractivity contribution in [2.75, 3.05) is 11.1 Å². The van der Waals surface area contributed by atoms with Crippen molar-refractivity contribution in [3.8, 4) is 5.69 Å². The molecule has 0 aliphatic carbocycles. The molecule has 4 aromatic rings. The molecule has 0 spiro atoms. The molecule has 0 radical (unpaired) electrons. The fourth-order valence-corrected chi connectivity index (χ4v) is 4.55. The van der Waals surface area contributed by atoms with Gasteiger partial charge in [0.25, 0.3) is 0 Å². The van der Waals surface area contributed by atoms with Gasteiger partial charge in [-0.3, -0.25) is 9.36 Å². The zero-order valence-electron chi connectivity index (χ0n) is 17.3. The van der Waals surface area contributed by atoms with E-state index in [-0.39, 0.29) is 11.7 Å². The molecule has 32 heavy (non-hydrogen) atoms. The Hall–Kier alpha value is -2.94. The predicted octanol–water partition coefficient (Wildman–Crippen LogP) is 5.15. The van der Waals surface area contributed by atoms with Crippen LogP contribution in [0.25, 0.3) is 5.69 Å². The highest BCUT2D eigenvalue weighted by Crippen LogP contribution is 2.29. The topological polar surface area (TPSA) is 80.0 Å². The van der Waals surface area contributed by atoms with Crippen LogP contribution in [0.15, 0.2) is 88.5 Å². The Morgan fingerprint density at radius 3 is 2.44 bits per heavy atom. The van der Waals surface area contributed by atoms with Gasteiger partial charge in [0.2, 0.25) is 5.91 Å². The number of amides is 1. The van der Waals surface area contributed by atoms with E-state index in [4.69, 9.17) is 0 Å². The van der Waals surface area contributed by atoms with Crippen LogP contribution >= 0.6 is 27.7 Å². The Labute approximate surface area is 198 Å². The number of rotatable bonds is 7. The summed E-state index contributed by atoms with van der Waals surface area (Å²) in [5, 5.41) is 22.9. The second kappa shape index (κ2) is 10.1. The highest BCUT2D eigenvalue weighted by Gasteiger charge is 2.22. The summed E-state index contributed by atoms with van der Waals surface area (Å²) in [6.45, 7) is 1.99. The van der Waals surface area contributed by atoms with Crippen molar-refractivity contribution < 1.29 is 9.90 Å². The quantitative estimate of drug-likeness (QED) is 0.337. The van der Waals surface area contributed by atoms with Gasteiger partial charge in [0.05, 0.1) is 11.4 Å². The minimum absolute atomic E-state index is 0.146. The van der Waals surface area contributed by atoms with Gasteiger partial charge in [0, 0.05) is 10.2 Å². The Bertz CT molecular complexity index is 1220. The highest BCUT2D eigenvalue weighted by atomic mass is 79.9. The molecule has 1 heterocycles. The third-order valence-electron chi connectivity index (χ3n) is 4.76. The minimum Gasteiger partial charge on any atom is -0.380 e. The van der Waals surface area contributed by atoms with Gasteiger partial charge in [-0.25, -0.2) is 0 Å². The third-order valence-corrected chi connectivity index (χ3v) is 6.35. The standard InChI is InChI=1S/C24H21BrN4O2S/c1-16-12-13-20(19(25)14-16)26-21(30)15-32-24-28-27-23(22(31)17-8-4-2-5-9-17)29(24)18-10-6-3-7-11-18/h2-14,22,31H,15H2,1H3,(H,26,30). The lowest BCUT2D eigenvalue weighted by Gasteiger charge is -2.14. The van der Waals surface area contributed by atoms with E-state index < -0.39 is 6.10 Å². The number of nitrogens with one attached hydrogen (secondary N) is 1. The largest absolute Gasteiger partial charge is 0.380 e. The van der Waals surface area contributed by atoms with E-state index >= 15 is 0 Å². The fourth-order valence-electron chi connectivity index (χ4n) is 3.19. The molecule has 2 N–H and O–H groups in total. The number of benzene rings is 3. The minimum atomic E-state index is -0.949. The van der Waals surface area contributed by atoms with Crippen LogP contribution in [0.4, 0.5) is 5.69 Å². The zero-order valence-corrected chi connectivity index (χ0v) is 19.7. The van der Waals surface area contributed by atoms with Crippen molar-refractivity contribution in [1.29, 1.82) is 0 Å². The van der Waals surface area contributed by atoms with E-state index in [1.54, 1.807) is 4.57 Å². The summed E-state index contributed by atoms with van der Waals surface area (Å²) >= 11 is 4.74. The average Bonchev–Trinajstić information content (AvgIpc) is 3.24. The van der Waals surface area contributed by atoms with Crippen LogP contribution in [-0.2, 0) is 4.79 Å². The molecule has 1 unspecified atom stereocenters. The summed E-state index contributed by atoms with van der Waals surface area (Å²) in [4.78, 5) is 12.6. The summed E-state index contributed by atoms with van der Waals surface area (Å²) < 4.78 is 2.62. The molecular weight excluding hydrogens is 488 g/mol. The first-order chi connectivity index (χ1) is 15.5. The molecule has 1 atom stereocenters. The van der Waals surface area contributed by atoms with Crippen LogP contribution in [0, 0.1) is 6.92 Å². The first kappa shape index (κ1) is 22.3. The number of hydrogen-bond donors (Lipinski definition) is 2. The van der Waals surface area contributed by atoms with E-state index in [0.29, 0.717) is 16.7 Å². The molecular formula is C24H21BrN4O2S. The van der Waals surface area contributed by atoms with Gasteiger partial charge in [-0.05, 0) is 58.2 Å². The van der Waals surface area contributed by atoms with Crippen molar-refractivity contribution in [3.05, 3.63) is 100 Å². The van der Waals surface area contributed by atoms with E-state index in [0.717, 1.165) is 21.3 Å². The number of carbonyl (C=O) groups excluding carboxylic acids is 1. The molecule has 8 heteroatoms. The number of aromatic nitrogens is 3. The lowest BCUT2D eigenvalue weighted by Crippen LogP contribution is -2.15.